The molecular weight excluding hydrogens is 554 g/mol. The Morgan fingerprint density at radius 1 is 0.556 bits per heavy atom. The van der Waals surface area contributed by atoms with E-state index in [1.54, 1.807) is 6.07 Å². The smallest absolute Gasteiger partial charge is 0.268 e. The number of aryl methyl sites for hydroxylation is 1. The van der Waals surface area contributed by atoms with Gasteiger partial charge in [-0.2, -0.15) is 5.26 Å². The number of imide groups is 1. The van der Waals surface area contributed by atoms with Crippen LogP contribution >= 0.6 is 0 Å². The van der Waals surface area contributed by atoms with Gasteiger partial charge in [0.25, 0.3) is 11.8 Å². The summed E-state index contributed by atoms with van der Waals surface area (Å²) in [6, 6.07) is 45.2. The SMILES string of the molecule is Cc1cc(C#N)ccc1-c1ccc2c(c1)c1ccccc1n2-c1cccc2c1C(=O)N(c1ccccc1-c1ccccc1)C2=O. The lowest BCUT2D eigenvalue weighted by Gasteiger charge is -2.18. The van der Waals surface area contributed by atoms with Gasteiger partial charge in [0, 0.05) is 16.3 Å². The molecule has 0 unspecified atom stereocenters. The molecule has 8 rings (SSSR count). The Morgan fingerprint density at radius 2 is 1.27 bits per heavy atom. The maximum Gasteiger partial charge on any atom is 0.268 e. The highest BCUT2D eigenvalue weighted by molar-refractivity contribution is 6.36. The van der Waals surface area contributed by atoms with Crippen LogP contribution in [0.4, 0.5) is 5.69 Å². The Morgan fingerprint density at radius 3 is 2.09 bits per heavy atom. The van der Waals surface area contributed by atoms with Crippen LogP contribution < -0.4 is 4.90 Å². The molecule has 212 valence electrons. The molecule has 0 saturated heterocycles. The van der Waals surface area contributed by atoms with Crippen LogP contribution in [0.15, 0.2) is 133 Å². The van der Waals surface area contributed by atoms with Gasteiger partial charge in [0.2, 0.25) is 0 Å². The lowest BCUT2D eigenvalue weighted by Crippen LogP contribution is -2.30. The van der Waals surface area contributed by atoms with Crippen molar-refractivity contribution in [1.82, 2.24) is 4.57 Å². The van der Waals surface area contributed by atoms with Crippen LogP contribution in [-0.4, -0.2) is 16.4 Å². The van der Waals surface area contributed by atoms with Crippen molar-refractivity contribution in [2.75, 3.05) is 4.90 Å². The largest absolute Gasteiger partial charge is 0.308 e. The molecule has 0 atom stereocenters. The van der Waals surface area contributed by atoms with E-state index in [4.69, 9.17) is 0 Å². The van der Waals surface area contributed by atoms with Crippen molar-refractivity contribution in [2.24, 2.45) is 0 Å². The third-order valence-corrected chi connectivity index (χ3v) is 8.70. The monoisotopic (exact) mass is 579 g/mol. The number of amides is 2. The summed E-state index contributed by atoms with van der Waals surface area (Å²) in [4.78, 5) is 29.7. The molecule has 0 N–H and O–H groups in total. The summed E-state index contributed by atoms with van der Waals surface area (Å²) < 4.78 is 2.09. The van der Waals surface area contributed by atoms with E-state index in [0.29, 0.717) is 28.1 Å². The van der Waals surface area contributed by atoms with Crippen LogP contribution in [0.5, 0.6) is 0 Å². The van der Waals surface area contributed by atoms with Crippen molar-refractivity contribution < 1.29 is 9.59 Å². The average molecular weight is 580 g/mol. The highest BCUT2D eigenvalue weighted by atomic mass is 16.2. The highest BCUT2D eigenvalue weighted by Crippen LogP contribution is 2.41. The minimum absolute atomic E-state index is 0.334. The minimum Gasteiger partial charge on any atom is -0.308 e. The Bertz CT molecular complexity index is 2400. The van der Waals surface area contributed by atoms with Crippen molar-refractivity contribution in [2.45, 2.75) is 6.92 Å². The standard InChI is InChI=1S/C40H25N3O2/c1-25-22-26(24-41)18-20-29(25)28-19-21-36-33(23-28)31-13-6-8-16-35(31)42(36)37-17-9-14-32-38(37)40(45)43(39(32)44)34-15-7-5-12-30(34)27-10-3-2-4-11-27/h2-23H,1H3. The number of hydrogen-bond donors (Lipinski definition) is 0. The second kappa shape index (κ2) is 10.2. The molecule has 0 bridgehead atoms. The van der Waals surface area contributed by atoms with Crippen LogP contribution in [0.1, 0.15) is 31.8 Å². The molecule has 0 spiro atoms. The molecule has 5 heteroatoms. The fraction of sp³-hybridized carbons (Fsp3) is 0.0250. The number of anilines is 1. The molecule has 5 nitrogen and oxygen atoms in total. The van der Waals surface area contributed by atoms with Gasteiger partial charge in [-0.1, -0.05) is 84.9 Å². The Hall–Kier alpha value is -6.25. The van der Waals surface area contributed by atoms with Gasteiger partial charge in [-0.25, -0.2) is 4.90 Å². The molecule has 0 saturated carbocycles. The Balaban J connectivity index is 1.32. The Kier molecular flexibility index (Phi) is 5.97. The summed E-state index contributed by atoms with van der Waals surface area (Å²) >= 11 is 0. The molecule has 0 fully saturated rings. The van der Waals surface area contributed by atoms with Crippen LogP contribution in [0.2, 0.25) is 0 Å². The van der Waals surface area contributed by atoms with E-state index in [2.05, 4.69) is 34.9 Å². The molecular formula is C40H25N3O2. The quantitative estimate of drug-likeness (QED) is 0.195. The van der Waals surface area contributed by atoms with E-state index in [0.717, 1.165) is 49.6 Å². The number of fused-ring (bicyclic) bond motifs is 4. The van der Waals surface area contributed by atoms with E-state index < -0.39 is 0 Å². The van der Waals surface area contributed by atoms with E-state index in [9.17, 15) is 14.9 Å². The third-order valence-electron chi connectivity index (χ3n) is 8.70. The van der Waals surface area contributed by atoms with E-state index in [1.165, 1.54) is 4.90 Å². The van der Waals surface area contributed by atoms with Gasteiger partial charge in [-0.05, 0) is 77.7 Å². The molecule has 2 heterocycles. The zero-order valence-corrected chi connectivity index (χ0v) is 24.4. The molecule has 0 aliphatic carbocycles. The predicted octanol–water partition coefficient (Wildman–Crippen LogP) is 9.10. The number of hydrogen-bond acceptors (Lipinski definition) is 3. The van der Waals surface area contributed by atoms with E-state index in [-0.39, 0.29) is 11.8 Å². The molecule has 7 aromatic rings. The lowest BCUT2D eigenvalue weighted by molar-refractivity contribution is 0.0926. The maximum atomic E-state index is 14.4. The first-order valence-electron chi connectivity index (χ1n) is 14.8. The summed E-state index contributed by atoms with van der Waals surface area (Å²) in [6.07, 6.45) is 0. The summed E-state index contributed by atoms with van der Waals surface area (Å²) in [5.74, 6) is -0.677. The van der Waals surface area contributed by atoms with Gasteiger partial charge in [0.15, 0.2) is 0 Å². The molecule has 1 aliphatic rings. The topological polar surface area (TPSA) is 66.1 Å². The summed E-state index contributed by atoms with van der Waals surface area (Å²) in [5.41, 5.74) is 9.38. The van der Waals surface area contributed by atoms with Crippen LogP contribution in [0.25, 0.3) is 49.7 Å². The minimum atomic E-state index is -0.343. The number of benzene rings is 6. The van der Waals surface area contributed by atoms with Gasteiger partial charge in [-0.15, -0.1) is 0 Å². The van der Waals surface area contributed by atoms with Gasteiger partial charge in [-0.3, -0.25) is 9.59 Å². The fourth-order valence-electron chi connectivity index (χ4n) is 6.66. The highest BCUT2D eigenvalue weighted by Gasteiger charge is 2.40. The van der Waals surface area contributed by atoms with Gasteiger partial charge >= 0.3 is 0 Å². The molecule has 6 aromatic carbocycles. The van der Waals surface area contributed by atoms with Crippen molar-refractivity contribution >= 4 is 39.3 Å². The van der Waals surface area contributed by atoms with Gasteiger partial charge in [0.05, 0.1) is 45.2 Å². The van der Waals surface area contributed by atoms with E-state index >= 15 is 0 Å². The molecule has 0 radical (unpaired) electrons. The van der Waals surface area contributed by atoms with Gasteiger partial charge in [0.1, 0.15) is 0 Å². The third kappa shape index (κ3) is 4.01. The first-order valence-corrected chi connectivity index (χ1v) is 14.8. The predicted molar refractivity (Wildman–Crippen MR) is 179 cm³/mol. The van der Waals surface area contributed by atoms with Crippen molar-refractivity contribution in [3.63, 3.8) is 0 Å². The van der Waals surface area contributed by atoms with Crippen LogP contribution in [0, 0.1) is 18.3 Å². The summed E-state index contributed by atoms with van der Waals surface area (Å²) in [6.45, 7) is 2.02. The van der Waals surface area contributed by atoms with Crippen molar-refractivity contribution in [3.05, 3.63) is 156 Å². The van der Waals surface area contributed by atoms with Crippen molar-refractivity contribution in [3.8, 4) is 34.0 Å². The summed E-state index contributed by atoms with van der Waals surface area (Å²) in [7, 11) is 0. The number of aromatic nitrogens is 1. The maximum absolute atomic E-state index is 14.4. The number of carbonyl (C=O) groups is 2. The first-order chi connectivity index (χ1) is 22.0. The zero-order chi connectivity index (χ0) is 30.7. The molecule has 1 aromatic heterocycles. The summed E-state index contributed by atoms with van der Waals surface area (Å²) in [5, 5.41) is 11.4. The molecule has 2 amide bonds. The van der Waals surface area contributed by atoms with Crippen LogP contribution in [0.3, 0.4) is 0 Å². The van der Waals surface area contributed by atoms with Gasteiger partial charge < -0.3 is 4.57 Å². The normalized spacial score (nSPS) is 12.6. The number of nitriles is 1. The zero-order valence-electron chi connectivity index (χ0n) is 24.4. The fourth-order valence-corrected chi connectivity index (χ4v) is 6.66. The van der Waals surface area contributed by atoms with Crippen molar-refractivity contribution in [1.29, 1.82) is 5.26 Å². The lowest BCUT2D eigenvalue weighted by atomic mass is 9.97. The second-order valence-corrected chi connectivity index (χ2v) is 11.3. The number of carbonyl (C=O) groups excluding carboxylic acids is 2. The average Bonchev–Trinajstić information content (AvgIpc) is 3.55. The molecule has 45 heavy (non-hydrogen) atoms. The van der Waals surface area contributed by atoms with E-state index in [1.807, 2.05) is 110 Å². The second-order valence-electron chi connectivity index (χ2n) is 11.3. The van der Waals surface area contributed by atoms with Crippen LogP contribution in [-0.2, 0) is 0 Å². The molecule has 1 aliphatic heterocycles. The Labute approximate surface area is 259 Å². The number of rotatable bonds is 4. The first kappa shape index (κ1) is 26.4. The number of nitrogens with zero attached hydrogens (tertiary/aromatic N) is 3. The number of para-hydroxylation sites is 2.